The molecule has 0 aromatic heterocycles. The standard InChI is InChI=1S/C14H26O4/c1-5-7-8-12(6-2)9-14(17,10-15)18-13(16)11(3)4/h12,15,17H,3,5-10H2,1-2,4H3. The first-order valence-corrected chi connectivity index (χ1v) is 6.60. The van der Waals surface area contributed by atoms with Gasteiger partial charge in [0.15, 0.2) is 0 Å². The fraction of sp³-hybridized carbons (Fsp3) is 0.786. The van der Waals surface area contributed by atoms with E-state index in [1.165, 1.54) is 6.92 Å². The molecule has 2 atom stereocenters. The average Bonchev–Trinajstić information content (AvgIpc) is 2.34. The first-order chi connectivity index (χ1) is 8.38. The SMILES string of the molecule is C=C(C)C(=O)OC(O)(CO)CC(CC)CCCC. The number of hydrogen-bond acceptors (Lipinski definition) is 4. The summed E-state index contributed by atoms with van der Waals surface area (Å²) >= 11 is 0. The Hall–Kier alpha value is -0.870. The fourth-order valence-corrected chi connectivity index (χ4v) is 1.79. The van der Waals surface area contributed by atoms with E-state index in [0.29, 0.717) is 0 Å². The summed E-state index contributed by atoms with van der Waals surface area (Å²) in [6.07, 6.45) is 4.25. The molecule has 0 saturated carbocycles. The highest BCUT2D eigenvalue weighted by Crippen LogP contribution is 2.25. The number of ether oxygens (including phenoxy) is 1. The number of esters is 1. The lowest BCUT2D eigenvalue weighted by Gasteiger charge is -2.29. The molecule has 0 rings (SSSR count). The van der Waals surface area contributed by atoms with Crippen LogP contribution in [0.5, 0.6) is 0 Å². The lowest BCUT2D eigenvalue weighted by molar-refractivity contribution is -0.226. The molecule has 0 aliphatic heterocycles. The van der Waals surface area contributed by atoms with E-state index in [4.69, 9.17) is 4.74 Å². The lowest BCUT2D eigenvalue weighted by Crippen LogP contribution is -2.41. The molecule has 0 spiro atoms. The molecule has 4 heteroatoms. The quantitative estimate of drug-likeness (QED) is 0.378. The van der Waals surface area contributed by atoms with E-state index < -0.39 is 18.4 Å². The Morgan fingerprint density at radius 3 is 2.44 bits per heavy atom. The molecule has 0 aromatic rings. The number of aliphatic hydroxyl groups is 2. The van der Waals surface area contributed by atoms with Crippen LogP contribution >= 0.6 is 0 Å². The molecule has 0 aromatic carbocycles. The number of hydrogen-bond donors (Lipinski definition) is 2. The molecule has 0 aliphatic carbocycles. The molecule has 0 fully saturated rings. The molecule has 2 N–H and O–H groups in total. The summed E-state index contributed by atoms with van der Waals surface area (Å²) in [7, 11) is 0. The highest BCUT2D eigenvalue weighted by molar-refractivity contribution is 5.87. The van der Waals surface area contributed by atoms with Gasteiger partial charge in [0.2, 0.25) is 5.79 Å². The molecule has 0 saturated heterocycles. The maximum Gasteiger partial charge on any atom is 0.335 e. The van der Waals surface area contributed by atoms with E-state index in [9.17, 15) is 15.0 Å². The van der Waals surface area contributed by atoms with E-state index in [-0.39, 0.29) is 17.9 Å². The molecular weight excluding hydrogens is 232 g/mol. The van der Waals surface area contributed by atoms with Crippen molar-refractivity contribution in [3.63, 3.8) is 0 Å². The van der Waals surface area contributed by atoms with Crippen LogP contribution in [0.3, 0.4) is 0 Å². The van der Waals surface area contributed by atoms with Crippen molar-refractivity contribution in [1.82, 2.24) is 0 Å². The zero-order valence-electron chi connectivity index (χ0n) is 11.7. The van der Waals surface area contributed by atoms with Crippen LogP contribution in [-0.4, -0.2) is 28.6 Å². The molecule has 2 unspecified atom stereocenters. The molecule has 0 heterocycles. The first kappa shape index (κ1) is 17.1. The van der Waals surface area contributed by atoms with E-state index in [0.717, 1.165) is 25.7 Å². The second-order valence-electron chi connectivity index (χ2n) is 4.89. The van der Waals surface area contributed by atoms with Gasteiger partial charge < -0.3 is 14.9 Å². The predicted molar refractivity (Wildman–Crippen MR) is 70.9 cm³/mol. The summed E-state index contributed by atoms with van der Waals surface area (Å²) in [4.78, 5) is 11.4. The maximum atomic E-state index is 11.4. The van der Waals surface area contributed by atoms with Gasteiger partial charge in [0, 0.05) is 12.0 Å². The Morgan fingerprint density at radius 2 is 2.06 bits per heavy atom. The monoisotopic (exact) mass is 258 g/mol. The minimum absolute atomic E-state index is 0.212. The van der Waals surface area contributed by atoms with Crippen LogP contribution in [0.1, 0.15) is 52.9 Å². The molecule has 18 heavy (non-hydrogen) atoms. The predicted octanol–water partition coefficient (Wildman–Crippen LogP) is 2.39. The van der Waals surface area contributed by atoms with Gasteiger partial charge in [-0.2, -0.15) is 0 Å². The number of carbonyl (C=O) groups is 1. The normalized spacial score (nSPS) is 15.8. The van der Waals surface area contributed by atoms with Crippen LogP contribution in [0.15, 0.2) is 12.2 Å². The van der Waals surface area contributed by atoms with Gasteiger partial charge >= 0.3 is 5.97 Å². The van der Waals surface area contributed by atoms with Gasteiger partial charge in [-0.3, -0.25) is 0 Å². The summed E-state index contributed by atoms with van der Waals surface area (Å²) in [5.41, 5.74) is 0.212. The largest absolute Gasteiger partial charge is 0.427 e. The summed E-state index contributed by atoms with van der Waals surface area (Å²) in [6.45, 7) is 8.50. The summed E-state index contributed by atoms with van der Waals surface area (Å²) in [5, 5.41) is 19.3. The lowest BCUT2D eigenvalue weighted by atomic mass is 9.91. The number of rotatable bonds is 9. The zero-order valence-corrected chi connectivity index (χ0v) is 11.7. The molecule has 0 amide bonds. The van der Waals surface area contributed by atoms with Crippen LogP contribution in [0.25, 0.3) is 0 Å². The molecule has 106 valence electrons. The van der Waals surface area contributed by atoms with Crippen LogP contribution in [0.2, 0.25) is 0 Å². The van der Waals surface area contributed by atoms with Crippen LogP contribution in [0, 0.1) is 5.92 Å². The second kappa shape index (κ2) is 8.27. The van der Waals surface area contributed by atoms with Crippen LogP contribution < -0.4 is 0 Å². The van der Waals surface area contributed by atoms with E-state index in [1.54, 1.807) is 0 Å². The Balaban J connectivity index is 4.52. The maximum absolute atomic E-state index is 11.4. The summed E-state index contributed by atoms with van der Waals surface area (Å²) in [5.74, 6) is -2.22. The Kier molecular flexibility index (Phi) is 7.87. The van der Waals surface area contributed by atoms with Crippen molar-refractivity contribution in [2.24, 2.45) is 5.92 Å². The van der Waals surface area contributed by atoms with Crippen molar-refractivity contribution < 1.29 is 19.7 Å². The fourth-order valence-electron chi connectivity index (χ4n) is 1.79. The van der Waals surface area contributed by atoms with Gasteiger partial charge in [0.05, 0.1) is 0 Å². The van der Waals surface area contributed by atoms with Gasteiger partial charge in [-0.15, -0.1) is 0 Å². The minimum atomic E-state index is -1.79. The zero-order chi connectivity index (χ0) is 14.2. The van der Waals surface area contributed by atoms with Crippen LogP contribution in [0.4, 0.5) is 0 Å². The number of aliphatic hydroxyl groups excluding tert-OH is 1. The van der Waals surface area contributed by atoms with E-state index >= 15 is 0 Å². The van der Waals surface area contributed by atoms with Gasteiger partial charge in [-0.05, 0) is 12.8 Å². The molecule has 0 radical (unpaired) electrons. The summed E-state index contributed by atoms with van der Waals surface area (Å²) in [6, 6.07) is 0. The van der Waals surface area contributed by atoms with Crippen molar-refractivity contribution in [3.05, 3.63) is 12.2 Å². The number of carbonyl (C=O) groups excluding carboxylic acids is 1. The van der Waals surface area contributed by atoms with Crippen molar-refractivity contribution in [2.75, 3.05) is 6.61 Å². The van der Waals surface area contributed by atoms with E-state index in [1.807, 2.05) is 6.92 Å². The third-order valence-electron chi connectivity index (χ3n) is 3.03. The van der Waals surface area contributed by atoms with Gasteiger partial charge in [-0.1, -0.05) is 46.1 Å². The highest BCUT2D eigenvalue weighted by atomic mass is 16.7. The molecule has 0 bridgehead atoms. The van der Waals surface area contributed by atoms with Crippen LogP contribution in [-0.2, 0) is 9.53 Å². The van der Waals surface area contributed by atoms with Gasteiger partial charge in [0.1, 0.15) is 6.61 Å². The van der Waals surface area contributed by atoms with Crippen molar-refractivity contribution in [2.45, 2.75) is 58.7 Å². The summed E-state index contributed by atoms with van der Waals surface area (Å²) < 4.78 is 4.93. The average molecular weight is 258 g/mol. The number of unbranched alkanes of at least 4 members (excludes halogenated alkanes) is 1. The van der Waals surface area contributed by atoms with E-state index in [2.05, 4.69) is 13.5 Å². The third kappa shape index (κ3) is 6.17. The minimum Gasteiger partial charge on any atom is -0.427 e. The first-order valence-electron chi connectivity index (χ1n) is 6.60. The van der Waals surface area contributed by atoms with Crippen molar-refractivity contribution >= 4 is 5.97 Å². The van der Waals surface area contributed by atoms with Crippen molar-refractivity contribution in [3.8, 4) is 0 Å². The highest BCUT2D eigenvalue weighted by Gasteiger charge is 2.33. The molecule has 4 nitrogen and oxygen atoms in total. The Labute approximate surface area is 110 Å². The smallest absolute Gasteiger partial charge is 0.335 e. The van der Waals surface area contributed by atoms with Crippen molar-refractivity contribution in [1.29, 1.82) is 0 Å². The third-order valence-corrected chi connectivity index (χ3v) is 3.03. The Morgan fingerprint density at radius 1 is 1.44 bits per heavy atom. The second-order valence-corrected chi connectivity index (χ2v) is 4.89. The van der Waals surface area contributed by atoms with Gasteiger partial charge in [-0.25, -0.2) is 4.79 Å². The Bertz CT molecular complexity index is 275. The molecular formula is C14H26O4. The molecule has 0 aliphatic rings. The topological polar surface area (TPSA) is 66.8 Å². The van der Waals surface area contributed by atoms with Gasteiger partial charge in [0.25, 0.3) is 0 Å².